The molecule has 2 aliphatic heterocycles. The lowest BCUT2D eigenvalue weighted by atomic mass is 9.35. The molecule has 0 unspecified atom stereocenters. The third kappa shape index (κ3) is 7.92. The molecule has 0 radical (unpaired) electrons. The number of fused-ring (bicyclic) bond motifs is 10. The predicted molar refractivity (Wildman–Crippen MR) is 347 cm³/mol. The highest BCUT2D eigenvalue weighted by atomic mass is 16.3. The van der Waals surface area contributed by atoms with Crippen molar-refractivity contribution >= 4 is 68.4 Å². The molecule has 420 valence electrons. The van der Waals surface area contributed by atoms with E-state index in [4.69, 9.17) is 4.42 Å². The fraction of sp³-hybridized carbons (Fsp3) is 0.506. The first-order valence-electron chi connectivity index (χ1n) is 32.0. The summed E-state index contributed by atoms with van der Waals surface area (Å²) in [5.74, 6) is 0.478. The fourth-order valence-electron chi connectivity index (χ4n) is 17.4. The summed E-state index contributed by atoms with van der Waals surface area (Å²) in [4.78, 5) is 5.64. The van der Waals surface area contributed by atoms with E-state index in [1.165, 1.54) is 175 Å². The Bertz CT molecular complexity index is 3790. The highest BCUT2D eigenvalue weighted by Gasteiger charge is 2.52. The van der Waals surface area contributed by atoms with Crippen molar-refractivity contribution in [2.45, 2.75) is 250 Å². The number of rotatable bonds is 4. The van der Waals surface area contributed by atoms with Crippen molar-refractivity contribution < 1.29 is 4.42 Å². The maximum Gasteiger partial charge on any atom is 0.297 e. The average Bonchev–Trinajstić information content (AvgIpc) is 4.07. The molecule has 4 heteroatoms. The molecule has 1 saturated carbocycles. The van der Waals surface area contributed by atoms with Gasteiger partial charge in [-0.25, -0.2) is 0 Å². The molecule has 81 heavy (non-hydrogen) atoms. The van der Waals surface area contributed by atoms with Gasteiger partial charge in [-0.15, -0.1) is 0 Å². The van der Waals surface area contributed by atoms with Gasteiger partial charge in [-0.1, -0.05) is 173 Å². The molecule has 0 atom stereocenters. The number of aryl methyl sites for hydroxylation is 1. The Morgan fingerprint density at radius 3 is 1.38 bits per heavy atom. The van der Waals surface area contributed by atoms with Gasteiger partial charge in [0.25, 0.3) is 6.71 Å². The second-order valence-corrected chi connectivity index (χ2v) is 32.6. The third-order valence-corrected chi connectivity index (χ3v) is 23.4. The smallest absolute Gasteiger partial charge is 0.297 e. The summed E-state index contributed by atoms with van der Waals surface area (Å²) in [5.41, 5.74) is 30.4. The molecule has 14 rings (SSSR count). The number of hydrogen-bond acceptors (Lipinski definition) is 3. The summed E-state index contributed by atoms with van der Waals surface area (Å²) in [6, 6.07) is 38.2. The maximum atomic E-state index is 7.98. The summed E-state index contributed by atoms with van der Waals surface area (Å²) in [6.07, 6.45) is 15.7. The summed E-state index contributed by atoms with van der Waals surface area (Å²) in [6.45, 7) is 42.4. The zero-order chi connectivity index (χ0) is 57.1. The minimum atomic E-state index is -0.133. The quantitative estimate of drug-likeness (QED) is 0.164. The van der Waals surface area contributed by atoms with E-state index in [0.29, 0.717) is 5.92 Å². The Balaban J connectivity index is 1.17. The van der Waals surface area contributed by atoms with Crippen LogP contribution in [0.15, 0.2) is 95.4 Å². The van der Waals surface area contributed by atoms with E-state index in [1.54, 1.807) is 0 Å². The first kappa shape index (κ1) is 53.5. The molecule has 3 heterocycles. The lowest BCUT2D eigenvalue weighted by Gasteiger charge is -2.48. The number of benzene rings is 6. The number of furan rings is 1. The summed E-state index contributed by atoms with van der Waals surface area (Å²) < 4.78 is 7.98. The van der Waals surface area contributed by atoms with Crippen LogP contribution < -0.4 is 26.4 Å². The Hall–Kier alpha value is -5.48. The number of nitrogens with zero attached hydrogens (tertiary/aromatic N) is 2. The summed E-state index contributed by atoms with van der Waals surface area (Å²) in [5, 5.41) is 1.26. The molecule has 0 spiro atoms. The number of anilines is 6. The molecule has 0 N–H and O–H groups in total. The van der Waals surface area contributed by atoms with Gasteiger partial charge in [-0.05, 0) is 241 Å². The van der Waals surface area contributed by atoms with Crippen LogP contribution in [-0.4, -0.2) is 6.71 Å². The molecule has 3 nitrogen and oxygen atoms in total. The summed E-state index contributed by atoms with van der Waals surface area (Å²) in [7, 11) is 0. The van der Waals surface area contributed by atoms with Gasteiger partial charge in [0.05, 0.1) is 17.0 Å². The largest absolute Gasteiger partial charge is 0.468 e. The Labute approximate surface area is 488 Å². The molecule has 7 aliphatic rings. The SMILES string of the molecule is Cc1cc2c(cc1N1c3cc(C4CCCCC4)cc4c3B(c3cc5c(cc3N4c3cc4c(cc3-c3ccccc3)C(C)(C)CCC4(C)C)C(C)(C)CCC5(C)C)c3oc4cc5c(cc4c31)C(C)(C)CCC5(C)C)C(C)(C)CCC2(C)C. The van der Waals surface area contributed by atoms with Crippen molar-refractivity contribution in [2.75, 3.05) is 9.80 Å². The molecule has 0 amide bonds. The van der Waals surface area contributed by atoms with Crippen LogP contribution in [0.5, 0.6) is 0 Å². The van der Waals surface area contributed by atoms with Crippen LogP contribution in [0.4, 0.5) is 34.1 Å². The number of hydrogen-bond donors (Lipinski definition) is 0. The molecular weight excluding hydrogens is 980 g/mol. The first-order chi connectivity index (χ1) is 38.0. The van der Waals surface area contributed by atoms with E-state index in [2.05, 4.69) is 218 Å². The Morgan fingerprint density at radius 1 is 0.420 bits per heavy atom. The molecule has 0 saturated heterocycles. The van der Waals surface area contributed by atoms with Crippen LogP contribution in [0.1, 0.15) is 256 Å². The van der Waals surface area contributed by atoms with E-state index < -0.39 is 0 Å². The maximum absolute atomic E-state index is 7.98. The van der Waals surface area contributed by atoms with E-state index >= 15 is 0 Å². The van der Waals surface area contributed by atoms with Crippen molar-refractivity contribution in [3.63, 3.8) is 0 Å². The van der Waals surface area contributed by atoms with E-state index in [-0.39, 0.29) is 50.0 Å². The molecule has 1 aromatic heterocycles. The van der Waals surface area contributed by atoms with Crippen LogP contribution in [0.3, 0.4) is 0 Å². The van der Waals surface area contributed by atoms with Gasteiger partial charge in [-0.2, -0.15) is 0 Å². The van der Waals surface area contributed by atoms with Gasteiger partial charge in [0.1, 0.15) is 5.58 Å². The molecular formula is C77H93BN2O. The third-order valence-electron chi connectivity index (χ3n) is 23.4. The highest BCUT2D eigenvalue weighted by Crippen LogP contribution is 2.58. The van der Waals surface area contributed by atoms with Crippen LogP contribution in [0.25, 0.3) is 22.1 Å². The lowest BCUT2D eigenvalue weighted by molar-refractivity contribution is 0.332. The average molecular weight is 1070 g/mol. The molecule has 7 aromatic rings. The van der Waals surface area contributed by atoms with Crippen LogP contribution in [-0.2, 0) is 43.3 Å². The van der Waals surface area contributed by atoms with Crippen molar-refractivity contribution in [2.24, 2.45) is 0 Å². The van der Waals surface area contributed by atoms with Crippen LogP contribution in [0.2, 0.25) is 0 Å². The van der Waals surface area contributed by atoms with Gasteiger partial charge in [0.2, 0.25) is 0 Å². The first-order valence-corrected chi connectivity index (χ1v) is 32.0. The molecule has 1 fully saturated rings. The minimum Gasteiger partial charge on any atom is -0.468 e. The van der Waals surface area contributed by atoms with Gasteiger partial charge in [0, 0.05) is 33.7 Å². The normalized spacial score (nSPS) is 22.7. The predicted octanol–water partition coefficient (Wildman–Crippen LogP) is 19.9. The van der Waals surface area contributed by atoms with Crippen molar-refractivity contribution in [3.05, 3.63) is 147 Å². The summed E-state index contributed by atoms with van der Waals surface area (Å²) >= 11 is 0. The van der Waals surface area contributed by atoms with Crippen LogP contribution >= 0.6 is 0 Å². The topological polar surface area (TPSA) is 19.6 Å². The Kier molecular flexibility index (Phi) is 11.4. The van der Waals surface area contributed by atoms with Gasteiger partial charge < -0.3 is 14.2 Å². The van der Waals surface area contributed by atoms with E-state index in [0.717, 1.165) is 36.9 Å². The minimum absolute atomic E-state index is 0.00371. The second kappa shape index (κ2) is 17.3. The molecule has 5 aliphatic carbocycles. The second-order valence-electron chi connectivity index (χ2n) is 32.6. The van der Waals surface area contributed by atoms with Gasteiger partial charge in [-0.3, -0.25) is 0 Å². The molecule has 0 bridgehead atoms. The monoisotopic (exact) mass is 1070 g/mol. The van der Waals surface area contributed by atoms with Crippen LogP contribution in [0, 0.1) is 6.92 Å². The Morgan fingerprint density at radius 2 is 0.852 bits per heavy atom. The van der Waals surface area contributed by atoms with Gasteiger partial charge >= 0.3 is 0 Å². The van der Waals surface area contributed by atoms with E-state index in [1.807, 2.05) is 0 Å². The van der Waals surface area contributed by atoms with Gasteiger partial charge in [0.15, 0.2) is 0 Å². The molecule has 6 aromatic carbocycles. The van der Waals surface area contributed by atoms with Crippen molar-refractivity contribution in [1.82, 2.24) is 0 Å². The van der Waals surface area contributed by atoms with Crippen molar-refractivity contribution in [1.29, 1.82) is 0 Å². The zero-order valence-electron chi connectivity index (χ0n) is 52.8. The highest BCUT2D eigenvalue weighted by molar-refractivity contribution is 7.00. The lowest BCUT2D eigenvalue weighted by Crippen LogP contribution is -2.61. The zero-order valence-corrected chi connectivity index (χ0v) is 52.8. The van der Waals surface area contributed by atoms with Crippen molar-refractivity contribution in [3.8, 4) is 11.1 Å². The fourth-order valence-corrected chi connectivity index (χ4v) is 17.4. The standard InChI is InChI=1S/C77H93BN2O/c1-46-36-52-56(74(10,11)32-28-70(52,2)3)42-61(46)80-65-38-49(47-24-20-18-21-25-47)37-64-67(65)78(69-68(80)51-40-54-59(45-66(51)81-69)77(16,17)35-30-72(54,6)7)60-41-55-58(76(14,15)34-31-73(55,8)9)44-63(60)79(64)62-43-57-53(71(4,5)29-33-75(57,12)13)39-50(62)48-26-22-19-23-27-48/h19,22-23,26-27,36-45,47H,18,20-21,24-25,28-35H2,1-17H3. The van der Waals surface area contributed by atoms with E-state index in [9.17, 15) is 0 Å².